The van der Waals surface area contributed by atoms with Crippen molar-refractivity contribution in [3.63, 3.8) is 0 Å². The molecule has 1 aromatic heterocycles. The lowest BCUT2D eigenvalue weighted by Crippen LogP contribution is -2.40. The van der Waals surface area contributed by atoms with Crippen LogP contribution in [-0.4, -0.2) is 30.9 Å². The number of nitrogens with zero attached hydrogens (tertiary/aromatic N) is 2. The maximum atomic E-state index is 14.2. The maximum absolute atomic E-state index is 14.2. The monoisotopic (exact) mass is 680 g/mol. The number of hydrogen-bond donors (Lipinski definition) is 0. The number of carbonyl (C=O) groups excluding carboxylic acids is 1. The number of aromatic nitrogens is 1. The van der Waals surface area contributed by atoms with Crippen molar-refractivity contribution in [2.75, 3.05) is 20.3 Å². The summed E-state index contributed by atoms with van der Waals surface area (Å²) in [6, 6.07) is 17.3. The van der Waals surface area contributed by atoms with Crippen molar-refractivity contribution in [3.05, 3.63) is 118 Å². The van der Waals surface area contributed by atoms with E-state index >= 15 is 0 Å². The summed E-state index contributed by atoms with van der Waals surface area (Å²) in [5, 5.41) is 1.10. The van der Waals surface area contributed by atoms with Crippen LogP contribution in [0, 0.1) is 0 Å². The molecule has 0 amide bonds. The van der Waals surface area contributed by atoms with E-state index in [1.807, 2.05) is 56.3 Å². The normalized spacial score (nSPS) is 14.5. The largest absolute Gasteiger partial charge is 0.496 e. The molecule has 0 spiro atoms. The number of benzene rings is 3. The number of esters is 1. The van der Waals surface area contributed by atoms with Crippen molar-refractivity contribution in [2.24, 2.45) is 4.99 Å². The summed E-state index contributed by atoms with van der Waals surface area (Å²) in [7, 11) is 1.54. The average Bonchev–Trinajstić information content (AvgIpc) is 3.35. The van der Waals surface area contributed by atoms with Crippen LogP contribution in [-0.2, 0) is 16.1 Å². The number of methoxy groups -OCH3 is 1. The van der Waals surface area contributed by atoms with E-state index in [-0.39, 0.29) is 12.2 Å². The molecule has 8 nitrogen and oxygen atoms in total. The smallest absolute Gasteiger partial charge is 0.338 e. The highest BCUT2D eigenvalue weighted by Crippen LogP contribution is 2.38. The molecule has 4 aromatic rings. The Hall–Kier alpha value is -4.05. The van der Waals surface area contributed by atoms with Gasteiger partial charge in [0.2, 0.25) is 0 Å². The number of thiazole rings is 1. The first-order valence-electron chi connectivity index (χ1n) is 15.0. The molecular formula is C35H34Cl2N2O6S. The van der Waals surface area contributed by atoms with E-state index in [1.54, 1.807) is 31.2 Å². The van der Waals surface area contributed by atoms with Crippen LogP contribution in [0.25, 0.3) is 6.08 Å². The summed E-state index contributed by atoms with van der Waals surface area (Å²) < 4.78 is 25.1. The minimum absolute atomic E-state index is 0.174. The summed E-state index contributed by atoms with van der Waals surface area (Å²) in [5.41, 5.74) is 2.82. The molecular weight excluding hydrogens is 647 g/mol. The van der Waals surface area contributed by atoms with Gasteiger partial charge in [0.1, 0.15) is 18.4 Å². The number of fused-ring (bicyclic) bond motifs is 1. The van der Waals surface area contributed by atoms with Crippen molar-refractivity contribution in [1.82, 2.24) is 4.57 Å². The van der Waals surface area contributed by atoms with Crippen LogP contribution >= 0.6 is 34.5 Å². The highest BCUT2D eigenvalue weighted by molar-refractivity contribution is 7.07. The Morgan fingerprint density at radius 2 is 1.67 bits per heavy atom. The lowest BCUT2D eigenvalue weighted by molar-refractivity contribution is -0.139. The fourth-order valence-corrected chi connectivity index (χ4v) is 6.56. The molecule has 240 valence electrons. The molecule has 11 heteroatoms. The third-order valence-electron chi connectivity index (χ3n) is 7.25. The Labute approximate surface area is 281 Å². The van der Waals surface area contributed by atoms with Crippen LogP contribution in [0.15, 0.2) is 81.7 Å². The van der Waals surface area contributed by atoms with E-state index in [1.165, 1.54) is 23.0 Å². The van der Waals surface area contributed by atoms with Gasteiger partial charge in [0.05, 0.1) is 36.1 Å². The zero-order valence-corrected chi connectivity index (χ0v) is 28.3. The van der Waals surface area contributed by atoms with E-state index in [0.717, 1.165) is 17.5 Å². The molecule has 1 atom stereocenters. The van der Waals surface area contributed by atoms with Crippen LogP contribution in [0.3, 0.4) is 0 Å². The van der Waals surface area contributed by atoms with Crippen molar-refractivity contribution >= 4 is 46.6 Å². The number of hydrogen-bond acceptors (Lipinski definition) is 8. The zero-order chi connectivity index (χ0) is 32.8. The van der Waals surface area contributed by atoms with Crippen LogP contribution in [0.4, 0.5) is 0 Å². The standard InChI is InChI=1S/C35H34Cl2N2O6S/c1-5-8-26-31(34(41)44-7-3)32(25-19-24(37)14-16-27(25)42-4)39-33(40)30(46-35(39)38-26)18-22-11-15-28(29(17-22)43-6-2)45-20-21-9-12-23(36)13-10-21/h9-19,32H,5-8,20H2,1-4H3/b30-18+/t32-/m0/s1. The molecule has 46 heavy (non-hydrogen) atoms. The molecule has 0 bridgehead atoms. The van der Waals surface area contributed by atoms with Gasteiger partial charge in [-0.2, -0.15) is 0 Å². The van der Waals surface area contributed by atoms with Gasteiger partial charge in [0.15, 0.2) is 16.3 Å². The number of halogens is 2. The number of ether oxygens (including phenoxy) is 4. The molecule has 1 aliphatic heterocycles. The summed E-state index contributed by atoms with van der Waals surface area (Å²) in [5.74, 6) is 1.08. The molecule has 0 radical (unpaired) electrons. The van der Waals surface area contributed by atoms with Gasteiger partial charge in [-0.15, -0.1) is 0 Å². The Morgan fingerprint density at radius 3 is 2.37 bits per heavy atom. The topological polar surface area (TPSA) is 88.4 Å². The van der Waals surface area contributed by atoms with Crippen molar-refractivity contribution < 1.29 is 23.7 Å². The van der Waals surface area contributed by atoms with Gasteiger partial charge in [-0.25, -0.2) is 9.79 Å². The number of allylic oxidation sites excluding steroid dienone is 1. The predicted octanol–water partition coefficient (Wildman–Crippen LogP) is 6.87. The molecule has 5 rings (SSSR count). The SMILES string of the molecule is CCCC1=C(C(=O)OCC)[C@H](c2cc(Cl)ccc2OC)n2c(s/c(=C/c3ccc(OCc4ccc(Cl)cc4)c(OCC)c3)c2=O)=N1. The molecule has 0 saturated heterocycles. The van der Waals surface area contributed by atoms with E-state index in [2.05, 4.69) is 0 Å². The molecule has 0 fully saturated rings. The summed E-state index contributed by atoms with van der Waals surface area (Å²) in [6.07, 6.45) is 3.05. The second-order valence-electron chi connectivity index (χ2n) is 10.4. The van der Waals surface area contributed by atoms with E-state index < -0.39 is 12.0 Å². The first-order valence-corrected chi connectivity index (χ1v) is 16.5. The van der Waals surface area contributed by atoms with Crippen molar-refractivity contribution in [1.29, 1.82) is 0 Å². The molecule has 0 saturated carbocycles. The minimum atomic E-state index is -0.852. The lowest BCUT2D eigenvalue weighted by Gasteiger charge is -2.27. The maximum Gasteiger partial charge on any atom is 0.338 e. The van der Waals surface area contributed by atoms with Gasteiger partial charge in [0, 0.05) is 15.6 Å². The quantitative estimate of drug-likeness (QED) is 0.152. The lowest BCUT2D eigenvalue weighted by atomic mass is 9.93. The fraction of sp³-hybridized carbons (Fsp3) is 0.286. The predicted molar refractivity (Wildman–Crippen MR) is 181 cm³/mol. The third-order valence-corrected chi connectivity index (χ3v) is 8.72. The van der Waals surface area contributed by atoms with E-state index in [0.29, 0.717) is 73.1 Å². The summed E-state index contributed by atoms with van der Waals surface area (Å²) in [4.78, 5) is 33.0. The first-order chi connectivity index (χ1) is 22.3. The van der Waals surface area contributed by atoms with Crippen LogP contribution in [0.2, 0.25) is 10.0 Å². The van der Waals surface area contributed by atoms with Gasteiger partial charge in [0.25, 0.3) is 5.56 Å². The van der Waals surface area contributed by atoms with Crippen molar-refractivity contribution in [3.8, 4) is 17.2 Å². The third kappa shape index (κ3) is 7.17. The zero-order valence-electron chi connectivity index (χ0n) is 26.0. The van der Waals surface area contributed by atoms with Gasteiger partial charge in [-0.05, 0) is 79.9 Å². The Bertz CT molecular complexity index is 1950. The highest BCUT2D eigenvalue weighted by atomic mass is 35.5. The van der Waals surface area contributed by atoms with E-state index in [9.17, 15) is 9.59 Å². The Kier molecular flexibility index (Phi) is 10.9. The first kappa shape index (κ1) is 33.3. The average molecular weight is 682 g/mol. The van der Waals surface area contributed by atoms with Gasteiger partial charge >= 0.3 is 5.97 Å². The number of rotatable bonds is 12. The second-order valence-corrected chi connectivity index (χ2v) is 12.2. The fourth-order valence-electron chi connectivity index (χ4n) is 5.23. The van der Waals surface area contributed by atoms with Crippen LogP contribution in [0.1, 0.15) is 56.3 Å². The molecule has 0 N–H and O–H groups in total. The summed E-state index contributed by atoms with van der Waals surface area (Å²) >= 11 is 13.7. The van der Waals surface area contributed by atoms with E-state index in [4.69, 9.17) is 47.1 Å². The van der Waals surface area contributed by atoms with Gasteiger partial charge < -0.3 is 18.9 Å². The van der Waals surface area contributed by atoms with Crippen LogP contribution < -0.4 is 29.1 Å². The molecule has 1 aliphatic rings. The van der Waals surface area contributed by atoms with Gasteiger partial charge in [-0.1, -0.05) is 66.1 Å². The van der Waals surface area contributed by atoms with Crippen LogP contribution in [0.5, 0.6) is 17.2 Å². The Balaban J connectivity index is 1.62. The Morgan fingerprint density at radius 1 is 0.935 bits per heavy atom. The molecule has 0 aliphatic carbocycles. The number of carbonyl (C=O) groups is 1. The molecule has 2 heterocycles. The minimum Gasteiger partial charge on any atom is -0.496 e. The second kappa shape index (κ2) is 15.0. The van der Waals surface area contributed by atoms with Crippen molar-refractivity contribution in [2.45, 2.75) is 46.3 Å². The molecule has 3 aromatic carbocycles. The molecule has 0 unspecified atom stereocenters. The highest BCUT2D eigenvalue weighted by Gasteiger charge is 2.36. The summed E-state index contributed by atoms with van der Waals surface area (Å²) in [6.45, 7) is 6.59. The van der Waals surface area contributed by atoms with Gasteiger partial charge in [-0.3, -0.25) is 9.36 Å².